The molecular weight excluding hydrogens is 275 g/mol. The fourth-order valence-corrected chi connectivity index (χ4v) is 2.80. The van der Waals surface area contributed by atoms with E-state index in [-0.39, 0.29) is 5.82 Å². The maximum absolute atomic E-state index is 13.7. The normalized spacial score (nSPS) is 10.5. The molecule has 0 radical (unpaired) electrons. The predicted octanol–water partition coefficient (Wildman–Crippen LogP) is 3.11. The molecular formula is C15H15FN2OS. The van der Waals surface area contributed by atoms with E-state index in [0.29, 0.717) is 22.6 Å². The number of carbonyl (C=O) groups excluding carboxylic acids is 1. The third-order valence-electron chi connectivity index (χ3n) is 2.88. The van der Waals surface area contributed by atoms with Crippen molar-refractivity contribution >= 4 is 23.4 Å². The monoisotopic (exact) mass is 290 g/mol. The molecule has 0 atom stereocenters. The quantitative estimate of drug-likeness (QED) is 0.671. The molecule has 0 bridgehead atoms. The molecule has 0 saturated heterocycles. The maximum Gasteiger partial charge on any atom is 0.248 e. The molecule has 2 aromatic carbocycles. The molecule has 0 aliphatic rings. The lowest BCUT2D eigenvalue weighted by Crippen LogP contribution is -2.11. The Morgan fingerprint density at radius 1 is 1.25 bits per heavy atom. The zero-order chi connectivity index (χ0) is 14.7. The van der Waals surface area contributed by atoms with E-state index in [0.717, 1.165) is 10.5 Å². The van der Waals surface area contributed by atoms with Gasteiger partial charge in [0.25, 0.3) is 0 Å². The van der Waals surface area contributed by atoms with Gasteiger partial charge in [-0.15, -0.1) is 11.8 Å². The number of amides is 1. The van der Waals surface area contributed by atoms with Gasteiger partial charge in [0.05, 0.1) is 0 Å². The number of nitrogens with two attached hydrogens (primary N) is 2. The highest BCUT2D eigenvalue weighted by atomic mass is 32.2. The number of primary amides is 1. The minimum Gasteiger partial charge on any atom is -0.398 e. The Morgan fingerprint density at radius 2 is 2.00 bits per heavy atom. The Bertz CT molecular complexity index is 658. The predicted molar refractivity (Wildman–Crippen MR) is 80.1 cm³/mol. The van der Waals surface area contributed by atoms with E-state index in [9.17, 15) is 9.18 Å². The third kappa shape index (κ3) is 3.30. The molecule has 0 aliphatic carbocycles. The number of nitrogen functional groups attached to an aromatic ring is 1. The Hall–Kier alpha value is -2.01. The van der Waals surface area contributed by atoms with Gasteiger partial charge in [-0.25, -0.2) is 4.39 Å². The average Bonchev–Trinajstić information content (AvgIpc) is 2.41. The number of thioether (sulfide) groups is 1. The van der Waals surface area contributed by atoms with Crippen LogP contribution in [0, 0.1) is 12.7 Å². The summed E-state index contributed by atoms with van der Waals surface area (Å²) < 4.78 is 13.7. The summed E-state index contributed by atoms with van der Waals surface area (Å²) in [5.74, 6) is -0.527. The molecule has 0 heterocycles. The second-order valence-corrected chi connectivity index (χ2v) is 5.52. The Morgan fingerprint density at radius 3 is 2.70 bits per heavy atom. The largest absolute Gasteiger partial charge is 0.398 e. The minimum absolute atomic E-state index is 0.305. The van der Waals surface area contributed by atoms with Crippen molar-refractivity contribution in [1.29, 1.82) is 0 Å². The van der Waals surface area contributed by atoms with E-state index in [4.69, 9.17) is 11.5 Å². The van der Waals surface area contributed by atoms with E-state index in [1.165, 1.54) is 30.0 Å². The topological polar surface area (TPSA) is 69.1 Å². The number of benzene rings is 2. The van der Waals surface area contributed by atoms with Crippen LogP contribution in [0.3, 0.4) is 0 Å². The summed E-state index contributed by atoms with van der Waals surface area (Å²) in [6.07, 6.45) is 0. The van der Waals surface area contributed by atoms with Gasteiger partial charge in [0.15, 0.2) is 0 Å². The lowest BCUT2D eigenvalue weighted by molar-refractivity contribution is 0.1000. The van der Waals surface area contributed by atoms with Gasteiger partial charge < -0.3 is 11.5 Å². The molecule has 4 N–H and O–H groups in total. The van der Waals surface area contributed by atoms with Gasteiger partial charge in [-0.05, 0) is 48.4 Å². The van der Waals surface area contributed by atoms with Crippen molar-refractivity contribution in [3.05, 3.63) is 58.9 Å². The van der Waals surface area contributed by atoms with Crippen LogP contribution in [-0.4, -0.2) is 5.91 Å². The first-order valence-electron chi connectivity index (χ1n) is 6.04. The smallest absolute Gasteiger partial charge is 0.248 e. The van der Waals surface area contributed by atoms with Crippen LogP contribution >= 0.6 is 11.8 Å². The standard InChI is InChI=1S/C15H15FN2OS/c1-9-2-5-13(17)14(6-9)20-8-11-7-10(15(18)19)3-4-12(11)16/h2-7H,8,17H2,1H3,(H2,18,19). The van der Waals surface area contributed by atoms with Crippen molar-refractivity contribution in [1.82, 2.24) is 0 Å². The van der Waals surface area contributed by atoms with Crippen LogP contribution < -0.4 is 11.5 Å². The highest BCUT2D eigenvalue weighted by Crippen LogP contribution is 2.30. The first-order valence-corrected chi connectivity index (χ1v) is 7.03. The minimum atomic E-state index is -0.564. The molecule has 0 spiro atoms. The van der Waals surface area contributed by atoms with Crippen LogP contribution in [0.1, 0.15) is 21.5 Å². The van der Waals surface area contributed by atoms with Crippen LogP contribution in [0.4, 0.5) is 10.1 Å². The molecule has 0 unspecified atom stereocenters. The van der Waals surface area contributed by atoms with Crippen molar-refractivity contribution in [3.63, 3.8) is 0 Å². The summed E-state index contributed by atoms with van der Waals surface area (Å²) >= 11 is 1.43. The number of carbonyl (C=O) groups is 1. The third-order valence-corrected chi connectivity index (χ3v) is 4.00. The van der Waals surface area contributed by atoms with Crippen molar-refractivity contribution < 1.29 is 9.18 Å². The summed E-state index contributed by atoms with van der Waals surface area (Å²) in [6.45, 7) is 1.97. The van der Waals surface area contributed by atoms with Crippen LogP contribution in [0.5, 0.6) is 0 Å². The Balaban J connectivity index is 2.20. The number of aryl methyl sites for hydroxylation is 1. The molecule has 0 aliphatic heterocycles. The molecule has 5 heteroatoms. The molecule has 2 aromatic rings. The van der Waals surface area contributed by atoms with Crippen LogP contribution in [0.25, 0.3) is 0 Å². The lowest BCUT2D eigenvalue weighted by atomic mass is 10.1. The summed E-state index contributed by atoms with van der Waals surface area (Å²) in [5.41, 5.74) is 13.6. The number of anilines is 1. The lowest BCUT2D eigenvalue weighted by Gasteiger charge is -2.08. The second kappa shape index (κ2) is 5.96. The van der Waals surface area contributed by atoms with Gasteiger partial charge in [-0.1, -0.05) is 6.07 Å². The van der Waals surface area contributed by atoms with Crippen molar-refractivity contribution in [3.8, 4) is 0 Å². The van der Waals surface area contributed by atoms with Crippen molar-refractivity contribution in [2.75, 3.05) is 5.73 Å². The molecule has 2 rings (SSSR count). The van der Waals surface area contributed by atoms with E-state index < -0.39 is 5.91 Å². The molecule has 3 nitrogen and oxygen atoms in total. The zero-order valence-corrected chi connectivity index (χ0v) is 11.8. The molecule has 1 amide bonds. The van der Waals surface area contributed by atoms with Crippen molar-refractivity contribution in [2.24, 2.45) is 5.73 Å². The van der Waals surface area contributed by atoms with Crippen molar-refractivity contribution in [2.45, 2.75) is 17.6 Å². The van der Waals surface area contributed by atoms with Gasteiger partial charge in [0.2, 0.25) is 5.91 Å². The van der Waals surface area contributed by atoms with Crippen LogP contribution in [0.2, 0.25) is 0 Å². The number of halogens is 1. The summed E-state index contributed by atoms with van der Waals surface area (Å²) in [4.78, 5) is 12.0. The maximum atomic E-state index is 13.7. The Kier molecular flexibility index (Phi) is 4.29. The van der Waals surface area contributed by atoms with Gasteiger partial charge in [0.1, 0.15) is 5.82 Å². The molecule has 104 valence electrons. The number of hydrogen-bond acceptors (Lipinski definition) is 3. The fourth-order valence-electron chi connectivity index (χ4n) is 1.76. The average molecular weight is 290 g/mol. The first-order chi connectivity index (χ1) is 9.47. The fraction of sp³-hybridized carbons (Fsp3) is 0.133. The summed E-state index contributed by atoms with van der Waals surface area (Å²) in [5, 5.41) is 0. The second-order valence-electron chi connectivity index (χ2n) is 4.50. The van der Waals surface area contributed by atoms with Crippen LogP contribution in [0.15, 0.2) is 41.3 Å². The summed E-state index contributed by atoms with van der Waals surface area (Å²) in [7, 11) is 0. The highest BCUT2D eigenvalue weighted by molar-refractivity contribution is 7.98. The highest BCUT2D eigenvalue weighted by Gasteiger charge is 2.09. The Labute approximate surface area is 121 Å². The number of hydrogen-bond donors (Lipinski definition) is 2. The van der Waals surface area contributed by atoms with Gasteiger partial charge in [-0.2, -0.15) is 0 Å². The first kappa shape index (κ1) is 14.4. The molecule has 0 saturated carbocycles. The van der Waals surface area contributed by atoms with Gasteiger partial charge in [-0.3, -0.25) is 4.79 Å². The van der Waals surface area contributed by atoms with Crippen LogP contribution in [-0.2, 0) is 5.75 Å². The van der Waals surface area contributed by atoms with E-state index in [1.807, 2.05) is 25.1 Å². The van der Waals surface area contributed by atoms with E-state index in [1.54, 1.807) is 0 Å². The molecule has 20 heavy (non-hydrogen) atoms. The molecule has 0 fully saturated rings. The SMILES string of the molecule is Cc1ccc(N)c(SCc2cc(C(N)=O)ccc2F)c1. The van der Waals surface area contributed by atoms with Gasteiger partial charge >= 0.3 is 0 Å². The van der Waals surface area contributed by atoms with E-state index >= 15 is 0 Å². The molecule has 0 aromatic heterocycles. The summed E-state index contributed by atoms with van der Waals surface area (Å²) in [6, 6.07) is 9.83. The van der Waals surface area contributed by atoms with Gasteiger partial charge in [0, 0.05) is 21.9 Å². The van der Waals surface area contributed by atoms with E-state index in [2.05, 4.69) is 0 Å². The number of rotatable bonds is 4. The zero-order valence-electron chi connectivity index (χ0n) is 11.0.